The monoisotopic (exact) mass is 344 g/mol. The largest absolute Gasteiger partial charge is 0.381 e. The second kappa shape index (κ2) is 7.51. The summed E-state index contributed by atoms with van der Waals surface area (Å²) in [6.45, 7) is 5.52. The van der Waals surface area contributed by atoms with E-state index in [1.54, 1.807) is 6.20 Å². The van der Waals surface area contributed by atoms with E-state index in [0.29, 0.717) is 18.2 Å². The lowest BCUT2D eigenvalue weighted by molar-refractivity contribution is 0.00165. The lowest BCUT2D eigenvalue weighted by Crippen LogP contribution is -2.52. The van der Waals surface area contributed by atoms with Crippen molar-refractivity contribution in [2.75, 3.05) is 46.1 Å². The Bertz CT molecular complexity index is 687. The van der Waals surface area contributed by atoms with Crippen LogP contribution in [0.4, 0.5) is 0 Å². The number of nitrogens with zero attached hydrogens (tertiary/aromatic N) is 3. The number of hydrogen-bond donors (Lipinski definition) is 1. The number of pyridine rings is 1. The van der Waals surface area contributed by atoms with Crippen molar-refractivity contribution in [3.05, 3.63) is 36.3 Å². The molecule has 2 aliphatic heterocycles. The van der Waals surface area contributed by atoms with E-state index in [4.69, 9.17) is 9.47 Å². The summed E-state index contributed by atoms with van der Waals surface area (Å²) in [7, 11) is 0. The van der Waals surface area contributed by atoms with E-state index in [-0.39, 0.29) is 11.9 Å². The number of imidazole rings is 1. The van der Waals surface area contributed by atoms with Gasteiger partial charge in [0, 0.05) is 50.6 Å². The molecule has 2 aliphatic rings. The number of carbonyl (C=O) groups is 1. The molecule has 0 saturated carbocycles. The number of fused-ring (bicyclic) bond motifs is 1. The number of nitrogens with one attached hydrogen (secondary N) is 1. The lowest BCUT2D eigenvalue weighted by atomic mass is 9.97. The maximum absolute atomic E-state index is 12.6. The van der Waals surface area contributed by atoms with Gasteiger partial charge in [0.05, 0.1) is 19.8 Å². The molecule has 0 spiro atoms. The van der Waals surface area contributed by atoms with Gasteiger partial charge in [0.1, 0.15) is 11.3 Å². The van der Waals surface area contributed by atoms with Crippen LogP contribution in [0.25, 0.3) is 5.65 Å². The topological polar surface area (TPSA) is 68.1 Å². The van der Waals surface area contributed by atoms with E-state index in [0.717, 1.165) is 51.6 Å². The van der Waals surface area contributed by atoms with Crippen molar-refractivity contribution in [3.63, 3.8) is 0 Å². The lowest BCUT2D eigenvalue weighted by Gasteiger charge is -2.37. The second-order valence-corrected chi connectivity index (χ2v) is 6.64. The Morgan fingerprint density at radius 3 is 2.92 bits per heavy atom. The Balaban J connectivity index is 1.43. The first-order valence-corrected chi connectivity index (χ1v) is 8.93. The van der Waals surface area contributed by atoms with E-state index in [1.165, 1.54) is 0 Å². The highest BCUT2D eigenvalue weighted by Gasteiger charge is 2.32. The molecule has 1 N–H and O–H groups in total. The summed E-state index contributed by atoms with van der Waals surface area (Å²) in [4.78, 5) is 19.4. The Hall–Kier alpha value is -1.96. The third kappa shape index (κ3) is 3.68. The average molecular weight is 344 g/mol. The van der Waals surface area contributed by atoms with Crippen LogP contribution in [0.2, 0.25) is 0 Å². The normalized spacial score (nSPS) is 23.0. The highest BCUT2D eigenvalue weighted by Crippen LogP contribution is 2.22. The van der Waals surface area contributed by atoms with Crippen LogP contribution in [0.3, 0.4) is 0 Å². The fourth-order valence-electron chi connectivity index (χ4n) is 3.69. The fraction of sp³-hybridized carbons (Fsp3) is 0.556. The van der Waals surface area contributed by atoms with Gasteiger partial charge >= 0.3 is 0 Å². The molecule has 2 fully saturated rings. The smallest absolute Gasteiger partial charge is 0.271 e. The number of ether oxygens (including phenoxy) is 2. The van der Waals surface area contributed by atoms with Crippen molar-refractivity contribution in [1.29, 1.82) is 0 Å². The molecule has 0 radical (unpaired) electrons. The minimum absolute atomic E-state index is 0.124. The average Bonchev–Trinajstić information content (AvgIpc) is 3.32. The summed E-state index contributed by atoms with van der Waals surface area (Å²) >= 11 is 0. The summed E-state index contributed by atoms with van der Waals surface area (Å²) in [5.41, 5.74) is 1.23. The van der Waals surface area contributed by atoms with Crippen molar-refractivity contribution in [1.82, 2.24) is 19.6 Å². The van der Waals surface area contributed by atoms with Gasteiger partial charge in [0.15, 0.2) is 0 Å². The Labute approximate surface area is 146 Å². The van der Waals surface area contributed by atoms with Crippen molar-refractivity contribution in [3.8, 4) is 0 Å². The number of rotatable bonds is 5. The Morgan fingerprint density at radius 1 is 1.28 bits per heavy atom. The van der Waals surface area contributed by atoms with Gasteiger partial charge < -0.3 is 19.2 Å². The number of amides is 1. The molecule has 0 unspecified atom stereocenters. The molecule has 4 heterocycles. The summed E-state index contributed by atoms with van der Waals surface area (Å²) < 4.78 is 12.9. The standard InChI is InChI=1S/C18H24N4O3/c23-18(15-12-22-5-2-1-3-17(22)20-15)19-11-16(14-4-8-25-13-14)21-6-9-24-10-7-21/h1-3,5,12,14,16H,4,6-11,13H2,(H,19,23)/t14-,16+/m0/s1. The molecule has 7 heteroatoms. The van der Waals surface area contributed by atoms with E-state index < -0.39 is 0 Å². The zero-order valence-electron chi connectivity index (χ0n) is 14.3. The molecule has 4 rings (SSSR count). The molecule has 2 saturated heterocycles. The van der Waals surface area contributed by atoms with Gasteiger partial charge in [-0.2, -0.15) is 0 Å². The highest BCUT2D eigenvalue weighted by molar-refractivity contribution is 5.92. The third-order valence-corrected chi connectivity index (χ3v) is 5.09. The van der Waals surface area contributed by atoms with E-state index >= 15 is 0 Å². The second-order valence-electron chi connectivity index (χ2n) is 6.64. The molecule has 7 nitrogen and oxygen atoms in total. The number of aromatic nitrogens is 2. The number of hydrogen-bond acceptors (Lipinski definition) is 5. The quantitative estimate of drug-likeness (QED) is 0.869. The van der Waals surface area contributed by atoms with Crippen molar-refractivity contribution in [2.45, 2.75) is 12.5 Å². The van der Waals surface area contributed by atoms with Gasteiger partial charge in [0.25, 0.3) is 5.91 Å². The predicted octanol–water partition coefficient (Wildman–Crippen LogP) is 0.801. The van der Waals surface area contributed by atoms with Crippen LogP contribution in [-0.2, 0) is 9.47 Å². The zero-order chi connectivity index (χ0) is 17.1. The molecule has 25 heavy (non-hydrogen) atoms. The van der Waals surface area contributed by atoms with E-state index in [9.17, 15) is 4.79 Å². The molecule has 134 valence electrons. The third-order valence-electron chi connectivity index (χ3n) is 5.09. The molecular formula is C18H24N4O3. The van der Waals surface area contributed by atoms with Crippen molar-refractivity contribution < 1.29 is 14.3 Å². The molecule has 2 atom stereocenters. The van der Waals surface area contributed by atoms with Gasteiger partial charge in [-0.3, -0.25) is 9.69 Å². The van der Waals surface area contributed by atoms with Crippen molar-refractivity contribution in [2.24, 2.45) is 5.92 Å². The van der Waals surface area contributed by atoms with Gasteiger partial charge in [-0.25, -0.2) is 4.98 Å². The summed E-state index contributed by atoms with van der Waals surface area (Å²) in [6, 6.07) is 6.01. The van der Waals surface area contributed by atoms with Crippen LogP contribution >= 0.6 is 0 Å². The predicted molar refractivity (Wildman–Crippen MR) is 92.6 cm³/mol. The molecular weight excluding hydrogens is 320 g/mol. The van der Waals surface area contributed by atoms with E-state index in [2.05, 4.69) is 15.2 Å². The minimum atomic E-state index is -0.124. The first kappa shape index (κ1) is 16.5. The first-order chi connectivity index (χ1) is 12.3. The van der Waals surface area contributed by atoms with Crippen LogP contribution in [-0.4, -0.2) is 72.3 Å². The number of carbonyl (C=O) groups excluding carboxylic acids is 1. The van der Waals surface area contributed by atoms with Crippen LogP contribution in [0.15, 0.2) is 30.6 Å². The molecule has 0 aromatic carbocycles. The van der Waals surface area contributed by atoms with Crippen LogP contribution in [0, 0.1) is 5.92 Å². The van der Waals surface area contributed by atoms with Crippen LogP contribution in [0.5, 0.6) is 0 Å². The van der Waals surface area contributed by atoms with Gasteiger partial charge in [-0.05, 0) is 18.6 Å². The van der Waals surface area contributed by atoms with Gasteiger partial charge in [0.2, 0.25) is 0 Å². The van der Waals surface area contributed by atoms with Crippen LogP contribution < -0.4 is 5.32 Å². The highest BCUT2D eigenvalue weighted by atomic mass is 16.5. The zero-order valence-corrected chi connectivity index (χ0v) is 14.3. The van der Waals surface area contributed by atoms with Gasteiger partial charge in [-0.1, -0.05) is 6.07 Å². The Kier molecular flexibility index (Phi) is 4.96. The maximum Gasteiger partial charge on any atom is 0.271 e. The maximum atomic E-state index is 12.6. The van der Waals surface area contributed by atoms with Crippen LogP contribution in [0.1, 0.15) is 16.9 Å². The molecule has 2 aromatic rings. The SMILES string of the molecule is O=C(NC[C@H]([C@H]1CCOC1)N1CCOCC1)c1cn2ccccc2n1. The number of morpholine rings is 1. The minimum Gasteiger partial charge on any atom is -0.381 e. The summed E-state index contributed by atoms with van der Waals surface area (Å²) in [6.07, 6.45) is 4.71. The molecule has 0 bridgehead atoms. The first-order valence-electron chi connectivity index (χ1n) is 8.93. The summed E-state index contributed by atoms with van der Waals surface area (Å²) in [5, 5.41) is 3.08. The molecule has 2 aromatic heterocycles. The fourth-order valence-corrected chi connectivity index (χ4v) is 3.69. The summed E-state index contributed by atoms with van der Waals surface area (Å²) in [5.74, 6) is 0.334. The Morgan fingerprint density at radius 2 is 2.16 bits per heavy atom. The van der Waals surface area contributed by atoms with E-state index in [1.807, 2.05) is 28.8 Å². The van der Waals surface area contributed by atoms with Crippen molar-refractivity contribution >= 4 is 11.6 Å². The van der Waals surface area contributed by atoms with Gasteiger partial charge in [-0.15, -0.1) is 0 Å². The molecule has 1 amide bonds. The molecule has 0 aliphatic carbocycles.